The van der Waals surface area contributed by atoms with Gasteiger partial charge in [-0.15, -0.1) is 0 Å². The molecule has 0 unspecified atom stereocenters. The Bertz CT molecular complexity index is 1190. The third-order valence-corrected chi connectivity index (χ3v) is 5.56. The van der Waals surface area contributed by atoms with Crippen LogP contribution in [0.15, 0.2) is 60.6 Å². The van der Waals surface area contributed by atoms with Gasteiger partial charge in [-0.1, -0.05) is 24.3 Å². The SMILES string of the molecule is COc1ccccc1CN1COc2cc(C)c3c(c2C1)O/C(=C\c1cccnc1)C3=O. The number of allylic oxidation sites excluding steroid dienone is 1. The van der Waals surface area contributed by atoms with Crippen molar-refractivity contribution in [1.29, 1.82) is 0 Å². The van der Waals surface area contributed by atoms with Crippen LogP contribution in [0.5, 0.6) is 17.2 Å². The number of Topliss-reactive ketones (excluding diaryl/α,β-unsaturated/α-hetero) is 1. The van der Waals surface area contributed by atoms with Gasteiger partial charge in [0.1, 0.15) is 24.0 Å². The molecular weight excluding hydrogens is 392 g/mol. The summed E-state index contributed by atoms with van der Waals surface area (Å²) in [6.45, 7) is 3.65. The maximum absolute atomic E-state index is 13.1. The lowest BCUT2D eigenvalue weighted by molar-refractivity contribution is 0.0864. The van der Waals surface area contributed by atoms with Crippen LogP contribution in [0.25, 0.3) is 6.08 Å². The summed E-state index contributed by atoms with van der Waals surface area (Å²) < 4.78 is 17.6. The Morgan fingerprint density at radius 1 is 1.23 bits per heavy atom. The van der Waals surface area contributed by atoms with Gasteiger partial charge in [-0.25, -0.2) is 0 Å². The normalized spacial score (nSPS) is 16.5. The lowest BCUT2D eigenvalue weighted by atomic mass is 9.98. The smallest absolute Gasteiger partial charge is 0.232 e. The summed E-state index contributed by atoms with van der Waals surface area (Å²) in [5, 5.41) is 0. The molecule has 0 spiro atoms. The topological polar surface area (TPSA) is 60.9 Å². The van der Waals surface area contributed by atoms with Crippen LogP contribution in [-0.4, -0.2) is 29.5 Å². The first-order valence-corrected chi connectivity index (χ1v) is 10.1. The lowest BCUT2D eigenvalue weighted by Gasteiger charge is -2.30. The van der Waals surface area contributed by atoms with E-state index in [0.717, 1.165) is 33.8 Å². The van der Waals surface area contributed by atoms with E-state index in [4.69, 9.17) is 14.2 Å². The number of aromatic nitrogens is 1. The van der Waals surface area contributed by atoms with Gasteiger partial charge in [0.15, 0.2) is 5.76 Å². The third kappa shape index (κ3) is 3.55. The fourth-order valence-corrected chi connectivity index (χ4v) is 4.06. The minimum atomic E-state index is -0.110. The van der Waals surface area contributed by atoms with E-state index >= 15 is 0 Å². The van der Waals surface area contributed by atoms with Crippen molar-refractivity contribution in [3.63, 3.8) is 0 Å². The molecule has 0 atom stereocenters. The first-order valence-electron chi connectivity index (χ1n) is 10.1. The van der Waals surface area contributed by atoms with E-state index in [2.05, 4.69) is 9.88 Å². The molecule has 0 bridgehead atoms. The summed E-state index contributed by atoms with van der Waals surface area (Å²) in [5.41, 5.74) is 4.25. The minimum Gasteiger partial charge on any atom is -0.496 e. The summed E-state index contributed by atoms with van der Waals surface area (Å²) in [5.74, 6) is 2.40. The molecule has 6 nitrogen and oxygen atoms in total. The van der Waals surface area contributed by atoms with E-state index in [1.54, 1.807) is 25.6 Å². The number of rotatable bonds is 4. The van der Waals surface area contributed by atoms with Crippen molar-refractivity contribution in [3.05, 3.63) is 88.4 Å². The van der Waals surface area contributed by atoms with E-state index in [1.165, 1.54) is 0 Å². The highest BCUT2D eigenvalue weighted by molar-refractivity contribution is 6.15. The predicted molar refractivity (Wildman–Crippen MR) is 116 cm³/mol. The maximum Gasteiger partial charge on any atom is 0.232 e. The van der Waals surface area contributed by atoms with Crippen LogP contribution in [-0.2, 0) is 13.1 Å². The molecule has 6 heteroatoms. The molecule has 0 radical (unpaired) electrons. The van der Waals surface area contributed by atoms with Gasteiger partial charge in [-0.3, -0.25) is 14.7 Å². The molecule has 1 aromatic heterocycles. The summed E-state index contributed by atoms with van der Waals surface area (Å²) in [4.78, 5) is 19.3. The molecule has 2 aromatic carbocycles. The van der Waals surface area contributed by atoms with Crippen LogP contribution in [0.4, 0.5) is 0 Å². The fourth-order valence-electron chi connectivity index (χ4n) is 4.06. The molecule has 2 aliphatic heterocycles. The molecule has 5 rings (SSSR count). The Hall–Kier alpha value is -3.64. The van der Waals surface area contributed by atoms with Crippen LogP contribution in [0, 0.1) is 6.92 Å². The second-order valence-corrected chi connectivity index (χ2v) is 7.67. The average molecular weight is 414 g/mol. The molecule has 0 fully saturated rings. The van der Waals surface area contributed by atoms with Gasteiger partial charge in [-0.2, -0.15) is 0 Å². The van der Waals surface area contributed by atoms with Crippen molar-refractivity contribution in [1.82, 2.24) is 9.88 Å². The second kappa shape index (κ2) is 7.89. The number of methoxy groups -OCH3 is 1. The molecular formula is C25H22N2O4. The largest absolute Gasteiger partial charge is 0.496 e. The fraction of sp³-hybridized carbons (Fsp3) is 0.200. The lowest BCUT2D eigenvalue weighted by Crippen LogP contribution is -2.32. The number of ether oxygens (including phenoxy) is 3. The number of ketones is 1. The van der Waals surface area contributed by atoms with Gasteiger partial charge >= 0.3 is 0 Å². The van der Waals surface area contributed by atoms with Gasteiger partial charge in [0.25, 0.3) is 0 Å². The number of carbonyl (C=O) groups is 1. The number of carbonyl (C=O) groups excluding carboxylic acids is 1. The number of benzene rings is 2. The Morgan fingerprint density at radius 2 is 2.10 bits per heavy atom. The van der Waals surface area contributed by atoms with Crippen molar-refractivity contribution >= 4 is 11.9 Å². The Balaban J connectivity index is 1.47. The molecule has 3 heterocycles. The number of fused-ring (bicyclic) bond motifs is 3. The summed E-state index contributed by atoms with van der Waals surface area (Å²) in [7, 11) is 1.67. The predicted octanol–water partition coefficient (Wildman–Crippen LogP) is 4.37. The molecule has 0 N–H and O–H groups in total. The van der Waals surface area contributed by atoms with Crippen molar-refractivity contribution in [2.24, 2.45) is 0 Å². The summed E-state index contributed by atoms with van der Waals surface area (Å²) in [6.07, 6.45) is 5.13. The van der Waals surface area contributed by atoms with Gasteiger partial charge in [0, 0.05) is 31.0 Å². The van der Waals surface area contributed by atoms with Crippen LogP contribution in [0.3, 0.4) is 0 Å². The van der Waals surface area contributed by atoms with Crippen molar-refractivity contribution in [3.8, 4) is 17.2 Å². The number of para-hydroxylation sites is 1. The minimum absolute atomic E-state index is 0.110. The van der Waals surface area contributed by atoms with Crippen molar-refractivity contribution in [2.45, 2.75) is 20.0 Å². The number of aryl methyl sites for hydroxylation is 1. The van der Waals surface area contributed by atoms with Crippen molar-refractivity contribution in [2.75, 3.05) is 13.8 Å². The van der Waals surface area contributed by atoms with E-state index in [-0.39, 0.29) is 5.78 Å². The van der Waals surface area contributed by atoms with Gasteiger partial charge < -0.3 is 14.2 Å². The molecule has 0 saturated carbocycles. The first-order chi connectivity index (χ1) is 15.1. The molecule has 0 aliphatic carbocycles. The van der Waals surface area contributed by atoms with Gasteiger partial charge in [0.05, 0.1) is 18.2 Å². The quantitative estimate of drug-likeness (QED) is 0.591. The van der Waals surface area contributed by atoms with E-state index in [1.807, 2.05) is 49.4 Å². The van der Waals surface area contributed by atoms with E-state index < -0.39 is 0 Å². The highest BCUT2D eigenvalue weighted by atomic mass is 16.5. The van der Waals surface area contributed by atoms with Gasteiger partial charge in [-0.05, 0) is 42.3 Å². The maximum atomic E-state index is 13.1. The van der Waals surface area contributed by atoms with Crippen LogP contribution in [0.1, 0.15) is 32.6 Å². The molecule has 0 saturated heterocycles. The van der Waals surface area contributed by atoms with E-state index in [0.29, 0.717) is 36.9 Å². The molecule has 0 amide bonds. The highest BCUT2D eigenvalue weighted by Crippen LogP contribution is 2.44. The molecule has 3 aromatic rings. The highest BCUT2D eigenvalue weighted by Gasteiger charge is 2.35. The average Bonchev–Trinajstić information content (AvgIpc) is 3.12. The zero-order valence-electron chi connectivity index (χ0n) is 17.4. The monoisotopic (exact) mass is 414 g/mol. The van der Waals surface area contributed by atoms with Crippen LogP contribution in [0.2, 0.25) is 0 Å². The standard InChI is InChI=1S/C25H22N2O4/c1-16-10-21-19(14-27(15-30-21)13-18-7-3-4-8-20(18)29-2)25-23(16)24(28)22(31-25)11-17-6-5-9-26-12-17/h3-12H,13-15H2,1-2H3/b22-11-. The Kier molecular flexibility index (Phi) is 4.92. The second-order valence-electron chi connectivity index (χ2n) is 7.67. The zero-order chi connectivity index (χ0) is 21.4. The number of nitrogens with zero attached hydrogens (tertiary/aromatic N) is 2. The molecule has 156 valence electrons. The van der Waals surface area contributed by atoms with Gasteiger partial charge in [0.2, 0.25) is 5.78 Å². The van der Waals surface area contributed by atoms with E-state index in [9.17, 15) is 4.79 Å². The number of hydrogen-bond donors (Lipinski definition) is 0. The van der Waals surface area contributed by atoms with Crippen molar-refractivity contribution < 1.29 is 19.0 Å². The number of pyridine rings is 1. The first kappa shape index (κ1) is 19.3. The van der Waals surface area contributed by atoms with Crippen LogP contribution >= 0.6 is 0 Å². The Labute approximate surface area is 180 Å². The Morgan fingerprint density at radius 3 is 2.90 bits per heavy atom. The number of hydrogen-bond acceptors (Lipinski definition) is 6. The third-order valence-electron chi connectivity index (χ3n) is 5.56. The molecule has 31 heavy (non-hydrogen) atoms. The van der Waals surface area contributed by atoms with Crippen LogP contribution < -0.4 is 14.2 Å². The summed E-state index contributed by atoms with van der Waals surface area (Å²) in [6, 6.07) is 13.6. The molecule has 2 aliphatic rings. The zero-order valence-corrected chi connectivity index (χ0v) is 17.4. The summed E-state index contributed by atoms with van der Waals surface area (Å²) >= 11 is 0.